The van der Waals surface area contributed by atoms with E-state index < -0.39 is 0 Å². The fourth-order valence-electron chi connectivity index (χ4n) is 1.91. The molecule has 16 heavy (non-hydrogen) atoms. The number of hydrogen-bond acceptors (Lipinski definition) is 3. The molecule has 4 nitrogen and oxygen atoms in total. The van der Waals surface area contributed by atoms with Crippen LogP contribution in [0.4, 0.5) is 0 Å². The number of amides is 1. The molecule has 0 bridgehead atoms. The number of aromatic nitrogens is 1. The summed E-state index contributed by atoms with van der Waals surface area (Å²) in [4.78, 5) is 18.3. The Labute approximate surface area is 95.7 Å². The summed E-state index contributed by atoms with van der Waals surface area (Å²) in [6.45, 7) is 6.49. The number of aryl methyl sites for hydroxylation is 1. The molecule has 0 aliphatic carbocycles. The van der Waals surface area contributed by atoms with Crippen molar-refractivity contribution in [3.8, 4) is 0 Å². The maximum absolute atomic E-state index is 12.2. The van der Waals surface area contributed by atoms with E-state index in [-0.39, 0.29) is 5.91 Å². The lowest BCUT2D eigenvalue weighted by atomic mass is 10.1. The minimum atomic E-state index is 0.111. The normalized spacial score (nSPS) is 15.6. The maximum Gasteiger partial charge on any atom is 0.254 e. The van der Waals surface area contributed by atoms with E-state index in [1.165, 1.54) is 0 Å². The number of likely N-dealkylation sites (N-methyl/N-ethyl adjacent to an activating group) is 1. The van der Waals surface area contributed by atoms with E-state index in [1.807, 2.05) is 24.8 Å². The zero-order valence-corrected chi connectivity index (χ0v) is 9.73. The fraction of sp³-hybridized carbons (Fsp3) is 0.500. The Morgan fingerprint density at radius 3 is 2.88 bits per heavy atom. The fourth-order valence-corrected chi connectivity index (χ4v) is 1.91. The van der Waals surface area contributed by atoms with Gasteiger partial charge in [0.1, 0.15) is 0 Å². The first kappa shape index (κ1) is 11.1. The van der Waals surface area contributed by atoms with Gasteiger partial charge in [-0.3, -0.25) is 9.78 Å². The summed E-state index contributed by atoms with van der Waals surface area (Å²) in [5.41, 5.74) is 1.62. The number of carbonyl (C=O) groups excluding carboxylic acids is 1. The number of pyridine rings is 1. The van der Waals surface area contributed by atoms with E-state index >= 15 is 0 Å². The average Bonchev–Trinajstić information content (AvgIpc) is 2.22. The van der Waals surface area contributed by atoms with Crippen molar-refractivity contribution in [2.24, 2.45) is 0 Å². The Bertz CT molecular complexity index is 388. The molecule has 0 aromatic carbocycles. The molecule has 1 aromatic rings. The molecular formula is C12H17N3O. The molecule has 2 heterocycles. The van der Waals surface area contributed by atoms with Crippen LogP contribution in [0, 0.1) is 6.92 Å². The van der Waals surface area contributed by atoms with Crippen molar-refractivity contribution < 1.29 is 4.79 Å². The molecule has 1 aromatic heterocycles. The van der Waals surface area contributed by atoms with E-state index in [0.29, 0.717) is 6.04 Å². The second kappa shape index (κ2) is 4.61. The third-order valence-electron chi connectivity index (χ3n) is 2.95. The molecule has 1 aliphatic rings. The van der Waals surface area contributed by atoms with Crippen molar-refractivity contribution in [1.29, 1.82) is 0 Å². The van der Waals surface area contributed by atoms with Crippen molar-refractivity contribution in [3.63, 3.8) is 0 Å². The summed E-state index contributed by atoms with van der Waals surface area (Å²) in [7, 11) is 0. The molecule has 2 rings (SSSR count). The van der Waals surface area contributed by atoms with Crippen LogP contribution in [0.2, 0.25) is 0 Å². The summed E-state index contributed by atoms with van der Waals surface area (Å²) in [6, 6.07) is 3.98. The monoisotopic (exact) mass is 219 g/mol. The van der Waals surface area contributed by atoms with Crippen molar-refractivity contribution in [1.82, 2.24) is 15.2 Å². The highest BCUT2D eigenvalue weighted by atomic mass is 16.2. The second-order valence-corrected chi connectivity index (χ2v) is 4.09. The molecule has 86 valence electrons. The Kier molecular flexibility index (Phi) is 3.19. The number of hydrogen-bond donors (Lipinski definition) is 1. The minimum Gasteiger partial charge on any atom is -0.333 e. The number of carbonyl (C=O) groups is 1. The predicted octanol–water partition coefficient (Wildman–Crippen LogP) is 0.824. The van der Waals surface area contributed by atoms with E-state index in [9.17, 15) is 4.79 Å². The smallest absolute Gasteiger partial charge is 0.254 e. The number of nitrogens with zero attached hydrogens (tertiary/aromatic N) is 2. The first-order chi connectivity index (χ1) is 7.72. The van der Waals surface area contributed by atoms with E-state index in [2.05, 4.69) is 10.3 Å². The third kappa shape index (κ3) is 2.07. The van der Waals surface area contributed by atoms with Gasteiger partial charge in [-0.2, -0.15) is 0 Å². The van der Waals surface area contributed by atoms with Gasteiger partial charge in [0.15, 0.2) is 0 Å². The Hall–Kier alpha value is -1.42. The van der Waals surface area contributed by atoms with Crippen LogP contribution in [-0.4, -0.2) is 41.5 Å². The van der Waals surface area contributed by atoms with Crippen molar-refractivity contribution >= 4 is 5.91 Å². The second-order valence-electron chi connectivity index (χ2n) is 4.09. The van der Waals surface area contributed by atoms with Gasteiger partial charge in [0, 0.05) is 37.1 Å². The molecule has 4 heteroatoms. The van der Waals surface area contributed by atoms with Crippen LogP contribution < -0.4 is 5.32 Å². The lowest BCUT2D eigenvalue weighted by molar-refractivity contribution is 0.0630. The zero-order chi connectivity index (χ0) is 11.5. The Balaban J connectivity index is 2.16. The van der Waals surface area contributed by atoms with E-state index in [0.717, 1.165) is 30.9 Å². The molecule has 0 spiro atoms. The number of nitrogens with one attached hydrogen (secondary N) is 1. The molecule has 1 fully saturated rings. The summed E-state index contributed by atoms with van der Waals surface area (Å²) >= 11 is 0. The predicted molar refractivity (Wildman–Crippen MR) is 62.3 cm³/mol. The summed E-state index contributed by atoms with van der Waals surface area (Å²) < 4.78 is 0. The molecule has 1 amide bonds. The SMILES string of the molecule is CCN(C(=O)c1ccnc(C)c1)C1CNC1. The third-order valence-corrected chi connectivity index (χ3v) is 2.95. The molecule has 1 aliphatic heterocycles. The average molecular weight is 219 g/mol. The van der Waals surface area contributed by atoms with Gasteiger partial charge in [-0.25, -0.2) is 0 Å². The molecule has 0 radical (unpaired) electrons. The minimum absolute atomic E-state index is 0.111. The van der Waals surface area contributed by atoms with Gasteiger partial charge in [-0.05, 0) is 26.0 Å². The lowest BCUT2D eigenvalue weighted by Gasteiger charge is -2.37. The highest BCUT2D eigenvalue weighted by Crippen LogP contribution is 2.11. The van der Waals surface area contributed by atoms with Crippen LogP contribution in [0.3, 0.4) is 0 Å². The standard InChI is InChI=1S/C12H17N3O/c1-3-15(11-7-13-8-11)12(16)10-4-5-14-9(2)6-10/h4-6,11,13H,3,7-8H2,1-2H3. The molecule has 0 unspecified atom stereocenters. The molecular weight excluding hydrogens is 202 g/mol. The van der Waals surface area contributed by atoms with Crippen LogP contribution in [0.1, 0.15) is 23.0 Å². The summed E-state index contributed by atoms with van der Waals surface area (Å²) in [6.07, 6.45) is 1.69. The van der Waals surface area contributed by atoms with Crippen LogP contribution >= 0.6 is 0 Å². The van der Waals surface area contributed by atoms with E-state index in [1.54, 1.807) is 12.3 Å². The maximum atomic E-state index is 12.2. The van der Waals surface area contributed by atoms with Gasteiger partial charge in [0.05, 0.1) is 6.04 Å². The van der Waals surface area contributed by atoms with Gasteiger partial charge in [-0.1, -0.05) is 0 Å². The highest BCUT2D eigenvalue weighted by molar-refractivity contribution is 5.94. The largest absolute Gasteiger partial charge is 0.333 e. The van der Waals surface area contributed by atoms with Gasteiger partial charge < -0.3 is 10.2 Å². The van der Waals surface area contributed by atoms with Crippen LogP contribution in [-0.2, 0) is 0 Å². The quantitative estimate of drug-likeness (QED) is 0.818. The van der Waals surface area contributed by atoms with Crippen LogP contribution in [0.5, 0.6) is 0 Å². The van der Waals surface area contributed by atoms with Gasteiger partial charge in [-0.15, -0.1) is 0 Å². The van der Waals surface area contributed by atoms with Crippen LogP contribution in [0.15, 0.2) is 18.3 Å². The molecule has 0 saturated carbocycles. The van der Waals surface area contributed by atoms with Crippen molar-refractivity contribution in [2.75, 3.05) is 19.6 Å². The zero-order valence-electron chi connectivity index (χ0n) is 9.73. The molecule has 0 atom stereocenters. The molecule has 1 saturated heterocycles. The molecule has 1 N–H and O–H groups in total. The summed E-state index contributed by atoms with van der Waals surface area (Å²) in [5, 5.41) is 3.19. The first-order valence-electron chi connectivity index (χ1n) is 5.66. The van der Waals surface area contributed by atoms with Gasteiger partial charge in [0.2, 0.25) is 0 Å². The first-order valence-corrected chi connectivity index (χ1v) is 5.66. The lowest BCUT2D eigenvalue weighted by Crippen LogP contribution is -2.58. The van der Waals surface area contributed by atoms with Crippen LogP contribution in [0.25, 0.3) is 0 Å². The van der Waals surface area contributed by atoms with Crippen molar-refractivity contribution in [3.05, 3.63) is 29.6 Å². The number of rotatable bonds is 3. The summed E-state index contributed by atoms with van der Waals surface area (Å²) in [5.74, 6) is 0.111. The Morgan fingerprint density at radius 1 is 1.62 bits per heavy atom. The topological polar surface area (TPSA) is 45.2 Å². The van der Waals surface area contributed by atoms with Crippen molar-refractivity contribution in [2.45, 2.75) is 19.9 Å². The highest BCUT2D eigenvalue weighted by Gasteiger charge is 2.27. The Morgan fingerprint density at radius 2 is 2.38 bits per heavy atom. The van der Waals surface area contributed by atoms with Gasteiger partial charge in [0.25, 0.3) is 5.91 Å². The van der Waals surface area contributed by atoms with Gasteiger partial charge >= 0.3 is 0 Å². The van der Waals surface area contributed by atoms with E-state index in [4.69, 9.17) is 0 Å².